The molecule has 2 N–H and O–H groups in total. The predicted molar refractivity (Wildman–Crippen MR) is 93.5 cm³/mol. The highest BCUT2D eigenvalue weighted by Crippen LogP contribution is 2.32. The van der Waals surface area contributed by atoms with E-state index in [1.54, 1.807) is 11.3 Å². The van der Waals surface area contributed by atoms with Crippen molar-refractivity contribution in [1.82, 2.24) is 9.97 Å². The van der Waals surface area contributed by atoms with Crippen molar-refractivity contribution in [2.75, 3.05) is 17.2 Å². The molecule has 0 aliphatic rings. The highest BCUT2D eigenvalue weighted by atomic mass is 32.1. The molecule has 5 heteroatoms. The lowest BCUT2D eigenvalue weighted by molar-refractivity contribution is 0.359. The number of anilines is 2. The van der Waals surface area contributed by atoms with Crippen LogP contribution in [-0.2, 0) is 6.42 Å². The molecule has 0 amide bonds. The molecule has 21 heavy (non-hydrogen) atoms. The molecule has 0 saturated carbocycles. The Morgan fingerprint density at radius 2 is 1.95 bits per heavy atom. The van der Waals surface area contributed by atoms with Gasteiger partial charge in [-0.05, 0) is 31.7 Å². The van der Waals surface area contributed by atoms with Crippen molar-refractivity contribution >= 4 is 33.3 Å². The maximum atomic E-state index is 4.67. The summed E-state index contributed by atoms with van der Waals surface area (Å²) in [6.07, 6.45) is 1.03. The van der Waals surface area contributed by atoms with Crippen molar-refractivity contribution in [3.63, 3.8) is 0 Å². The quantitative estimate of drug-likeness (QED) is 0.852. The van der Waals surface area contributed by atoms with Gasteiger partial charge >= 0.3 is 0 Å². The molecule has 2 aromatic heterocycles. The van der Waals surface area contributed by atoms with E-state index < -0.39 is 0 Å². The van der Waals surface area contributed by atoms with Gasteiger partial charge in [-0.1, -0.05) is 27.7 Å². The van der Waals surface area contributed by atoms with Gasteiger partial charge in [-0.25, -0.2) is 4.98 Å². The van der Waals surface area contributed by atoms with Crippen LogP contribution in [-0.4, -0.2) is 22.6 Å². The van der Waals surface area contributed by atoms with E-state index in [-0.39, 0.29) is 5.41 Å². The van der Waals surface area contributed by atoms with Crippen LogP contribution in [0.15, 0.2) is 6.07 Å². The van der Waals surface area contributed by atoms with E-state index in [4.69, 9.17) is 0 Å². The van der Waals surface area contributed by atoms with Gasteiger partial charge in [0, 0.05) is 17.5 Å². The third kappa shape index (κ3) is 3.64. The smallest absolute Gasteiger partial charge is 0.226 e. The normalized spacial score (nSPS) is 13.4. The Labute approximate surface area is 131 Å². The van der Waals surface area contributed by atoms with E-state index in [0.29, 0.717) is 12.0 Å². The van der Waals surface area contributed by atoms with E-state index in [0.717, 1.165) is 29.0 Å². The summed E-state index contributed by atoms with van der Waals surface area (Å²) in [5.41, 5.74) is 0.180. The molecule has 0 spiro atoms. The summed E-state index contributed by atoms with van der Waals surface area (Å²) in [6.45, 7) is 14.0. The highest BCUT2D eigenvalue weighted by Gasteiger charge is 2.22. The number of fused-ring (bicyclic) bond motifs is 1. The predicted octanol–water partition coefficient (Wildman–Crippen LogP) is 4.53. The lowest BCUT2D eigenvalue weighted by Crippen LogP contribution is -2.31. The molecule has 1 atom stereocenters. The second-order valence-electron chi connectivity index (χ2n) is 6.44. The topological polar surface area (TPSA) is 49.8 Å². The minimum absolute atomic E-state index is 0.180. The van der Waals surface area contributed by atoms with Gasteiger partial charge in [0.15, 0.2) is 0 Å². The van der Waals surface area contributed by atoms with Gasteiger partial charge in [-0.2, -0.15) is 4.98 Å². The lowest BCUT2D eigenvalue weighted by atomic mass is 9.88. The fourth-order valence-corrected chi connectivity index (χ4v) is 2.88. The summed E-state index contributed by atoms with van der Waals surface area (Å²) in [5.74, 6) is 1.65. The fourth-order valence-electron chi connectivity index (χ4n) is 1.91. The molecule has 116 valence electrons. The average molecular weight is 306 g/mol. The molecule has 2 aromatic rings. The highest BCUT2D eigenvalue weighted by molar-refractivity contribution is 7.18. The van der Waals surface area contributed by atoms with Crippen LogP contribution < -0.4 is 10.6 Å². The second-order valence-corrected chi connectivity index (χ2v) is 7.56. The number of rotatable bonds is 5. The summed E-state index contributed by atoms with van der Waals surface area (Å²) >= 11 is 1.75. The number of thiophene rings is 1. The summed E-state index contributed by atoms with van der Waals surface area (Å²) in [7, 11) is 0. The molecule has 1 unspecified atom stereocenters. The van der Waals surface area contributed by atoms with Crippen LogP contribution in [0.1, 0.15) is 46.4 Å². The largest absolute Gasteiger partial charge is 0.366 e. The number of hydrogen-bond acceptors (Lipinski definition) is 5. The van der Waals surface area contributed by atoms with Crippen molar-refractivity contribution in [3.8, 4) is 0 Å². The minimum atomic E-state index is 0.180. The molecular weight excluding hydrogens is 280 g/mol. The molecule has 4 nitrogen and oxygen atoms in total. The van der Waals surface area contributed by atoms with E-state index in [9.17, 15) is 0 Å². The average Bonchev–Trinajstić information content (AvgIpc) is 2.81. The SMILES string of the molecule is CCNc1nc(NC(C)C(C)(C)C)c2cc(CC)sc2n1. The van der Waals surface area contributed by atoms with E-state index in [1.165, 1.54) is 4.88 Å². The summed E-state index contributed by atoms with van der Waals surface area (Å²) in [6, 6.07) is 2.54. The fraction of sp³-hybridized carbons (Fsp3) is 0.625. The van der Waals surface area contributed by atoms with Crippen LogP contribution in [0.4, 0.5) is 11.8 Å². The Morgan fingerprint density at radius 1 is 1.24 bits per heavy atom. The van der Waals surface area contributed by atoms with Crippen LogP contribution in [0, 0.1) is 5.41 Å². The molecule has 0 aliphatic heterocycles. The number of nitrogens with zero attached hydrogens (tertiary/aromatic N) is 2. The number of nitrogens with one attached hydrogen (secondary N) is 2. The van der Waals surface area contributed by atoms with Crippen LogP contribution in [0.25, 0.3) is 10.2 Å². The van der Waals surface area contributed by atoms with Crippen molar-refractivity contribution < 1.29 is 0 Å². The standard InChI is InChI=1S/C16H26N4S/c1-7-11-9-12-13(18-10(3)16(4,5)6)19-15(17-8-2)20-14(12)21-11/h9-10H,7-8H2,1-6H3,(H2,17,18,19,20). The molecule has 0 aromatic carbocycles. The zero-order chi connectivity index (χ0) is 15.6. The first-order valence-electron chi connectivity index (χ1n) is 7.66. The summed E-state index contributed by atoms with van der Waals surface area (Å²) in [5, 5.41) is 7.93. The number of aryl methyl sites for hydroxylation is 1. The molecule has 0 saturated heterocycles. The van der Waals surface area contributed by atoms with Crippen LogP contribution in [0.2, 0.25) is 0 Å². The molecule has 0 radical (unpaired) electrons. The minimum Gasteiger partial charge on any atom is -0.366 e. The first-order valence-corrected chi connectivity index (χ1v) is 8.47. The van der Waals surface area contributed by atoms with Crippen molar-refractivity contribution in [2.45, 2.75) is 54.0 Å². The van der Waals surface area contributed by atoms with Crippen molar-refractivity contribution in [2.24, 2.45) is 5.41 Å². The zero-order valence-electron chi connectivity index (χ0n) is 13.9. The molecule has 0 fully saturated rings. The van der Waals surface area contributed by atoms with Gasteiger partial charge < -0.3 is 10.6 Å². The van der Waals surface area contributed by atoms with Crippen molar-refractivity contribution in [1.29, 1.82) is 0 Å². The van der Waals surface area contributed by atoms with Crippen LogP contribution in [0.5, 0.6) is 0 Å². The maximum absolute atomic E-state index is 4.67. The van der Waals surface area contributed by atoms with Gasteiger partial charge in [0.2, 0.25) is 5.95 Å². The third-order valence-corrected chi connectivity index (χ3v) is 4.95. The Kier molecular flexibility index (Phi) is 4.71. The van der Waals surface area contributed by atoms with Gasteiger partial charge in [0.1, 0.15) is 10.6 Å². The van der Waals surface area contributed by atoms with E-state index in [1.807, 2.05) is 0 Å². The monoisotopic (exact) mass is 306 g/mol. The third-order valence-electron chi connectivity index (χ3n) is 3.78. The summed E-state index contributed by atoms with van der Waals surface area (Å²) in [4.78, 5) is 11.7. The Hall–Kier alpha value is -1.36. The molecule has 0 aliphatic carbocycles. The number of aromatic nitrogens is 2. The Bertz CT molecular complexity index is 612. The summed E-state index contributed by atoms with van der Waals surface area (Å²) < 4.78 is 0. The second kappa shape index (κ2) is 6.18. The van der Waals surface area contributed by atoms with Crippen LogP contribution >= 0.6 is 11.3 Å². The van der Waals surface area contributed by atoms with Gasteiger partial charge in [0.05, 0.1) is 5.39 Å². The van der Waals surface area contributed by atoms with Gasteiger partial charge in [-0.3, -0.25) is 0 Å². The van der Waals surface area contributed by atoms with E-state index >= 15 is 0 Å². The molecule has 2 heterocycles. The molecule has 0 bridgehead atoms. The Balaban J connectivity index is 2.45. The van der Waals surface area contributed by atoms with Crippen LogP contribution in [0.3, 0.4) is 0 Å². The Morgan fingerprint density at radius 3 is 2.52 bits per heavy atom. The van der Waals surface area contributed by atoms with Gasteiger partial charge in [0.25, 0.3) is 0 Å². The number of hydrogen-bond donors (Lipinski definition) is 2. The molecule has 2 rings (SSSR count). The maximum Gasteiger partial charge on any atom is 0.226 e. The van der Waals surface area contributed by atoms with Gasteiger partial charge in [-0.15, -0.1) is 11.3 Å². The molecular formula is C16H26N4S. The van der Waals surface area contributed by atoms with E-state index in [2.05, 4.69) is 68.2 Å². The zero-order valence-corrected chi connectivity index (χ0v) is 14.7. The lowest BCUT2D eigenvalue weighted by Gasteiger charge is -2.28. The van der Waals surface area contributed by atoms with Crippen molar-refractivity contribution in [3.05, 3.63) is 10.9 Å². The first kappa shape index (κ1) is 16.0. The first-order chi connectivity index (χ1) is 9.85.